The van der Waals surface area contributed by atoms with E-state index in [0.717, 1.165) is 6.07 Å². The van der Waals surface area contributed by atoms with Gasteiger partial charge in [-0.2, -0.15) is 0 Å². The fraction of sp³-hybridized carbons (Fsp3) is 0.583. The normalized spacial score (nSPS) is 11.4. The van der Waals surface area contributed by atoms with Crippen LogP contribution in [0.1, 0.15) is 73.8 Å². The molecule has 0 saturated heterocycles. The summed E-state index contributed by atoms with van der Waals surface area (Å²) < 4.78 is 19.4. The fourth-order valence-corrected chi connectivity index (χ4v) is 2.51. The van der Waals surface area contributed by atoms with E-state index in [1.54, 1.807) is 6.07 Å². The molecule has 0 aromatic carbocycles. The van der Waals surface area contributed by atoms with Gasteiger partial charge in [0.1, 0.15) is 17.3 Å². The first-order valence-corrected chi connectivity index (χ1v) is 16.0. The minimum Gasteiger partial charge on any atom is -0.508 e. The molecule has 0 aliphatic carbocycles. The van der Waals surface area contributed by atoms with Crippen LogP contribution < -0.4 is 11.3 Å². The highest BCUT2D eigenvalue weighted by molar-refractivity contribution is 8.24. The van der Waals surface area contributed by atoms with Crippen molar-refractivity contribution in [2.24, 2.45) is 0 Å². The third-order valence-corrected chi connectivity index (χ3v) is 4.53. The monoisotopic (exact) mass is 607 g/mol. The van der Waals surface area contributed by atoms with Crippen LogP contribution in [0, 0.1) is 0 Å². The smallest absolute Gasteiger partial charge is 0.339 e. The Kier molecular flexibility index (Phi) is 17.4. The van der Waals surface area contributed by atoms with Crippen LogP contribution in [0.3, 0.4) is 0 Å². The molecule has 0 amide bonds. The van der Waals surface area contributed by atoms with Crippen molar-refractivity contribution in [3.05, 3.63) is 61.6 Å². The van der Waals surface area contributed by atoms with Crippen molar-refractivity contribution in [3.63, 3.8) is 0 Å². The molecule has 0 aliphatic rings. The molecule has 0 bridgehead atoms. The van der Waals surface area contributed by atoms with Crippen molar-refractivity contribution in [1.82, 2.24) is 4.90 Å². The Balaban J connectivity index is 0. The molecule has 12 heteroatoms. The van der Waals surface area contributed by atoms with E-state index in [-0.39, 0.29) is 16.6 Å². The Labute approximate surface area is 233 Å². The number of hydrogen-bond donors (Lipinski definition) is 1. The van der Waals surface area contributed by atoms with E-state index in [2.05, 4.69) is 59.4 Å². The highest BCUT2D eigenvalue weighted by Gasteiger charge is 2.18. The lowest BCUT2D eigenvalue weighted by atomic mass is 9.93. The maximum atomic E-state index is 10.9. The third kappa shape index (κ3) is 20.1. The maximum Gasteiger partial charge on any atom is 0.339 e. The van der Waals surface area contributed by atoms with Crippen molar-refractivity contribution in [3.8, 4) is 5.75 Å². The van der Waals surface area contributed by atoms with Crippen LogP contribution in [-0.2, 0) is 15.4 Å². The van der Waals surface area contributed by atoms with Crippen LogP contribution in [0.4, 0.5) is 0 Å². The second-order valence-corrected chi connectivity index (χ2v) is 16.6. The van der Waals surface area contributed by atoms with Crippen LogP contribution in [0.25, 0.3) is 0 Å². The molecule has 0 spiro atoms. The Morgan fingerprint density at radius 3 is 1.36 bits per heavy atom. The predicted octanol–water partition coefficient (Wildman–Crippen LogP) is 8.39. The van der Waals surface area contributed by atoms with Crippen LogP contribution in [0.15, 0.2) is 42.7 Å². The molecule has 7 nitrogen and oxygen atoms in total. The van der Waals surface area contributed by atoms with Gasteiger partial charge in [-0.1, -0.05) is 73.9 Å². The molecule has 2 rings (SSSR count). The lowest BCUT2D eigenvalue weighted by Crippen LogP contribution is -2.21. The number of nitrogens with zero attached hydrogens (tertiary/aromatic N) is 1. The van der Waals surface area contributed by atoms with Crippen LogP contribution in [-0.4, -0.2) is 29.6 Å². The summed E-state index contributed by atoms with van der Waals surface area (Å²) in [5.74, 6) is 1.06. The third-order valence-electron chi connectivity index (χ3n) is 4.31. The molecule has 2 heterocycles. The van der Waals surface area contributed by atoms with Crippen LogP contribution in [0.2, 0.25) is 5.02 Å². The Bertz CT molecular complexity index is 980. The molecule has 2 aromatic rings. The Morgan fingerprint density at radius 2 is 1.11 bits per heavy atom. The lowest BCUT2D eigenvalue weighted by molar-refractivity contribution is 0.321. The van der Waals surface area contributed by atoms with E-state index in [1.165, 1.54) is 31.8 Å². The first-order chi connectivity index (χ1) is 16.1. The molecule has 0 radical (unpaired) electrons. The quantitative estimate of drug-likeness (QED) is 0.349. The predicted molar refractivity (Wildman–Crippen MR) is 153 cm³/mol. The molecule has 208 valence electrons. The molecule has 0 atom stereocenters. The summed E-state index contributed by atoms with van der Waals surface area (Å²) in [6.07, 6.45) is 0. The van der Waals surface area contributed by atoms with Gasteiger partial charge in [0.25, 0.3) is 0 Å². The van der Waals surface area contributed by atoms with E-state index in [1.807, 2.05) is 41.5 Å². The fourth-order valence-electron chi connectivity index (χ4n) is 2.32. The Morgan fingerprint density at radius 1 is 0.778 bits per heavy atom. The van der Waals surface area contributed by atoms with Crippen molar-refractivity contribution in [1.29, 1.82) is 0 Å². The number of aromatic hydroxyl groups is 1. The zero-order valence-corrected chi connectivity index (χ0v) is 26.2. The molecular formula is C24H38Cl4NO6P. The summed E-state index contributed by atoms with van der Waals surface area (Å²) in [6, 6.07) is 5.44. The van der Waals surface area contributed by atoms with Gasteiger partial charge in [0.05, 0.1) is 11.1 Å². The van der Waals surface area contributed by atoms with Gasteiger partial charge >= 0.3 is 16.5 Å². The van der Waals surface area contributed by atoms with Gasteiger partial charge in [-0.15, -0.1) is 0 Å². The highest BCUT2D eigenvalue weighted by Crippen LogP contribution is 2.61. The summed E-state index contributed by atoms with van der Waals surface area (Å²) in [6.45, 7) is 21.7. The maximum absolute atomic E-state index is 10.9. The summed E-state index contributed by atoms with van der Waals surface area (Å²) in [7, 11) is 0. The molecule has 1 N–H and O–H groups in total. The minimum absolute atomic E-state index is 0.0452. The Hall–Kier alpha value is -0.950. The first kappa shape index (κ1) is 37.2. The van der Waals surface area contributed by atoms with Crippen LogP contribution in [0.5, 0.6) is 5.75 Å². The summed E-state index contributed by atoms with van der Waals surface area (Å²) in [5.41, 5.74) is -1.34. The van der Waals surface area contributed by atoms with E-state index >= 15 is 0 Å². The van der Waals surface area contributed by atoms with Gasteiger partial charge in [0.2, 0.25) is 0 Å². The molecule has 0 saturated carbocycles. The van der Waals surface area contributed by atoms with E-state index < -0.39 is 16.5 Å². The molecule has 2 aromatic heterocycles. The molecule has 0 fully saturated rings. The van der Waals surface area contributed by atoms with Gasteiger partial charge in [-0.3, -0.25) is 4.57 Å². The summed E-state index contributed by atoms with van der Waals surface area (Å²) in [5, 5.41) is 6.30. The molecule has 0 aliphatic heterocycles. The summed E-state index contributed by atoms with van der Waals surface area (Å²) >= 11 is 19.5. The number of halogens is 4. The summed E-state index contributed by atoms with van der Waals surface area (Å²) in [4.78, 5) is 24.1. The van der Waals surface area contributed by atoms with Crippen molar-refractivity contribution in [2.45, 2.75) is 73.1 Å². The molecule has 36 heavy (non-hydrogen) atoms. The van der Waals surface area contributed by atoms with E-state index in [0.29, 0.717) is 16.5 Å². The average Bonchev–Trinajstić information content (AvgIpc) is 2.66. The second kappa shape index (κ2) is 16.8. The van der Waals surface area contributed by atoms with E-state index in [9.17, 15) is 14.2 Å². The van der Waals surface area contributed by atoms with Gasteiger partial charge in [-0.05, 0) is 59.4 Å². The van der Waals surface area contributed by atoms with Gasteiger partial charge in [0.15, 0.2) is 0 Å². The van der Waals surface area contributed by atoms with Gasteiger partial charge in [0, 0.05) is 23.0 Å². The molecule has 0 unspecified atom stereocenters. The van der Waals surface area contributed by atoms with Crippen molar-refractivity contribution < 1.29 is 18.5 Å². The SMILES string of the molecule is CC(C)(C)c1cc(Cl)cc(=O)o1.CC(C)(C)c1cc(O)cc(=O)o1.CCN(CC)CC.O=P(Cl)(Cl)Cl. The minimum atomic E-state index is -3.22. The zero-order valence-electron chi connectivity index (χ0n) is 22.3. The number of rotatable bonds is 3. The van der Waals surface area contributed by atoms with E-state index in [4.69, 9.17) is 25.5 Å². The standard InChI is InChI=1S/C9H11ClO2.C9H12O3.C6H15N.Cl3OP/c2*1-9(2,3)7-4-6(10)5-8(11)12-7;1-4-7(5-2)6-3;1-5(2,3)4/h4-5H,1-3H3;4-5,10H,1-3H3;4-6H2,1-3H3;. The van der Waals surface area contributed by atoms with Gasteiger partial charge in [-0.25, -0.2) is 9.59 Å². The zero-order chi connectivity index (χ0) is 28.9. The van der Waals surface area contributed by atoms with Gasteiger partial charge < -0.3 is 18.8 Å². The van der Waals surface area contributed by atoms with Crippen molar-refractivity contribution >= 4 is 50.5 Å². The molecular weight excluding hydrogens is 571 g/mol. The largest absolute Gasteiger partial charge is 0.508 e. The average molecular weight is 609 g/mol. The lowest BCUT2D eigenvalue weighted by Gasteiger charge is -2.15. The number of hydrogen-bond acceptors (Lipinski definition) is 7. The van der Waals surface area contributed by atoms with Crippen molar-refractivity contribution in [2.75, 3.05) is 19.6 Å². The highest BCUT2D eigenvalue weighted by atomic mass is 36.0. The second-order valence-electron chi connectivity index (χ2n) is 9.48. The first-order valence-electron chi connectivity index (χ1n) is 11.2. The topological polar surface area (TPSA) is 101 Å². The van der Waals surface area contributed by atoms with Crippen LogP contribution >= 0.6 is 50.5 Å².